The number of aromatic hydroxyl groups is 1. The predicted octanol–water partition coefficient (Wildman–Crippen LogP) is 3.73. The molecule has 20 heavy (non-hydrogen) atoms. The summed E-state index contributed by atoms with van der Waals surface area (Å²) in [5.74, 6) is 0.356. The van der Waals surface area contributed by atoms with Crippen LogP contribution in [0.1, 0.15) is 11.6 Å². The summed E-state index contributed by atoms with van der Waals surface area (Å²) >= 11 is 6.06. The lowest BCUT2D eigenvalue weighted by atomic mass is 10.1. The molecule has 5 heteroatoms. The Balaban J connectivity index is 2.30. The molecule has 0 spiro atoms. The first-order valence-electron chi connectivity index (χ1n) is 5.93. The lowest BCUT2D eigenvalue weighted by Gasteiger charge is -2.15. The minimum absolute atomic E-state index is 0.0330. The largest absolute Gasteiger partial charge is 0.504 e. The van der Waals surface area contributed by atoms with Gasteiger partial charge in [0.25, 0.3) is 0 Å². The third kappa shape index (κ3) is 2.95. The van der Waals surface area contributed by atoms with E-state index in [1.54, 1.807) is 24.3 Å². The highest BCUT2D eigenvalue weighted by molar-refractivity contribution is 6.33. The van der Waals surface area contributed by atoms with Crippen molar-refractivity contribution >= 4 is 17.3 Å². The maximum atomic E-state index is 9.57. The molecule has 0 aliphatic carbocycles. The van der Waals surface area contributed by atoms with Crippen molar-refractivity contribution in [3.8, 4) is 17.6 Å². The van der Waals surface area contributed by atoms with Crippen molar-refractivity contribution in [3.63, 3.8) is 0 Å². The molecule has 0 saturated carbocycles. The van der Waals surface area contributed by atoms with Gasteiger partial charge in [0.1, 0.15) is 6.04 Å². The van der Waals surface area contributed by atoms with Gasteiger partial charge in [0.05, 0.1) is 23.9 Å². The molecule has 0 amide bonds. The van der Waals surface area contributed by atoms with Crippen molar-refractivity contribution in [2.24, 2.45) is 0 Å². The van der Waals surface area contributed by atoms with E-state index in [4.69, 9.17) is 16.3 Å². The number of nitrogens with one attached hydrogen (secondary N) is 1. The molecule has 0 heterocycles. The van der Waals surface area contributed by atoms with Crippen molar-refractivity contribution in [3.05, 3.63) is 53.1 Å². The van der Waals surface area contributed by atoms with Crippen molar-refractivity contribution in [1.82, 2.24) is 0 Å². The molecule has 0 aliphatic heterocycles. The van der Waals surface area contributed by atoms with E-state index in [2.05, 4.69) is 11.4 Å². The molecule has 0 saturated heterocycles. The molecular formula is C15H13ClN2O2. The number of ether oxygens (including phenoxy) is 1. The van der Waals surface area contributed by atoms with E-state index in [-0.39, 0.29) is 5.75 Å². The third-order valence-electron chi connectivity index (χ3n) is 2.84. The molecule has 1 atom stereocenters. The Morgan fingerprint density at radius 1 is 1.30 bits per heavy atom. The molecule has 1 unspecified atom stereocenters. The average molecular weight is 289 g/mol. The molecule has 2 N–H and O–H groups in total. The van der Waals surface area contributed by atoms with Crippen molar-refractivity contribution in [1.29, 1.82) is 5.26 Å². The summed E-state index contributed by atoms with van der Waals surface area (Å²) in [4.78, 5) is 0. The van der Waals surface area contributed by atoms with Crippen LogP contribution in [-0.4, -0.2) is 12.2 Å². The number of rotatable bonds is 4. The molecule has 2 aromatic carbocycles. The van der Waals surface area contributed by atoms with Crippen molar-refractivity contribution < 1.29 is 9.84 Å². The fraction of sp³-hybridized carbons (Fsp3) is 0.133. The summed E-state index contributed by atoms with van der Waals surface area (Å²) in [6, 6.07) is 13.5. The first-order valence-corrected chi connectivity index (χ1v) is 6.31. The summed E-state index contributed by atoms with van der Waals surface area (Å²) in [6.07, 6.45) is 0. The number of phenols is 1. The highest BCUT2D eigenvalue weighted by Gasteiger charge is 2.14. The molecule has 2 rings (SSSR count). The van der Waals surface area contributed by atoms with Crippen LogP contribution < -0.4 is 10.1 Å². The predicted molar refractivity (Wildman–Crippen MR) is 78.1 cm³/mol. The lowest BCUT2D eigenvalue weighted by molar-refractivity contribution is 0.373. The van der Waals surface area contributed by atoms with Crippen LogP contribution in [0.3, 0.4) is 0 Å². The van der Waals surface area contributed by atoms with Gasteiger partial charge in [-0.1, -0.05) is 29.8 Å². The van der Waals surface area contributed by atoms with E-state index in [1.807, 2.05) is 12.1 Å². The van der Waals surface area contributed by atoms with E-state index in [9.17, 15) is 10.4 Å². The molecule has 0 aliphatic rings. The van der Waals surface area contributed by atoms with Crippen molar-refractivity contribution in [2.45, 2.75) is 6.04 Å². The number of halogens is 1. The molecule has 0 bridgehead atoms. The lowest BCUT2D eigenvalue weighted by Crippen LogP contribution is -2.09. The summed E-state index contributed by atoms with van der Waals surface area (Å²) in [5.41, 5.74) is 1.36. The van der Waals surface area contributed by atoms with Crippen LogP contribution in [0.25, 0.3) is 0 Å². The number of hydrogen-bond acceptors (Lipinski definition) is 4. The van der Waals surface area contributed by atoms with Crippen LogP contribution in [0.4, 0.5) is 5.69 Å². The Morgan fingerprint density at radius 2 is 2.05 bits per heavy atom. The number of hydrogen-bond donors (Lipinski definition) is 2. The number of phenolic OH excluding ortho intramolecular Hbond substituents is 1. The second-order valence-electron chi connectivity index (χ2n) is 4.12. The van der Waals surface area contributed by atoms with E-state index in [0.29, 0.717) is 22.0 Å². The Bertz CT molecular complexity index is 653. The number of benzene rings is 2. The van der Waals surface area contributed by atoms with E-state index in [0.717, 1.165) is 0 Å². The fourth-order valence-electron chi connectivity index (χ4n) is 1.80. The molecule has 2 aromatic rings. The van der Waals surface area contributed by atoms with Gasteiger partial charge in [0, 0.05) is 0 Å². The number of nitriles is 1. The maximum Gasteiger partial charge on any atom is 0.160 e. The Kier molecular flexibility index (Phi) is 4.34. The summed E-state index contributed by atoms with van der Waals surface area (Å²) in [7, 11) is 1.46. The minimum Gasteiger partial charge on any atom is -0.504 e. The normalized spacial score (nSPS) is 11.4. The third-order valence-corrected chi connectivity index (χ3v) is 3.17. The van der Waals surface area contributed by atoms with Crippen LogP contribution in [0.15, 0.2) is 42.5 Å². The number of methoxy groups -OCH3 is 1. The summed E-state index contributed by atoms with van der Waals surface area (Å²) in [6.45, 7) is 0. The first kappa shape index (κ1) is 14.0. The van der Waals surface area contributed by atoms with Gasteiger partial charge in [-0.3, -0.25) is 0 Å². The standard InChI is InChI=1S/C15H13ClN2O2/c1-20-15-8-10(6-7-14(15)19)13(9-17)18-12-5-3-2-4-11(12)16/h2-8,13,18-19H,1H3. The zero-order chi connectivity index (χ0) is 14.5. The summed E-state index contributed by atoms with van der Waals surface area (Å²) in [5, 5.41) is 22.5. The van der Waals surface area contributed by atoms with Crippen LogP contribution in [-0.2, 0) is 0 Å². The fourth-order valence-corrected chi connectivity index (χ4v) is 1.99. The van der Waals surface area contributed by atoms with E-state index in [1.165, 1.54) is 13.2 Å². The topological polar surface area (TPSA) is 65.3 Å². The molecule has 0 radical (unpaired) electrons. The van der Waals surface area contributed by atoms with Crippen LogP contribution in [0.2, 0.25) is 5.02 Å². The van der Waals surface area contributed by atoms with Gasteiger partial charge in [-0.25, -0.2) is 0 Å². The van der Waals surface area contributed by atoms with Gasteiger partial charge in [0.15, 0.2) is 11.5 Å². The van der Waals surface area contributed by atoms with E-state index >= 15 is 0 Å². The quantitative estimate of drug-likeness (QED) is 0.899. The van der Waals surface area contributed by atoms with Crippen LogP contribution in [0.5, 0.6) is 11.5 Å². The van der Waals surface area contributed by atoms with E-state index < -0.39 is 6.04 Å². The monoisotopic (exact) mass is 288 g/mol. The zero-order valence-electron chi connectivity index (χ0n) is 10.8. The highest BCUT2D eigenvalue weighted by atomic mass is 35.5. The average Bonchev–Trinajstić information content (AvgIpc) is 2.47. The molecule has 4 nitrogen and oxygen atoms in total. The number of para-hydroxylation sites is 1. The van der Waals surface area contributed by atoms with Crippen molar-refractivity contribution in [2.75, 3.05) is 12.4 Å². The van der Waals surface area contributed by atoms with Crippen LogP contribution in [0, 0.1) is 11.3 Å². The Hall–Kier alpha value is -2.38. The molecular weight excluding hydrogens is 276 g/mol. The molecule has 0 fully saturated rings. The Labute approximate surface area is 122 Å². The van der Waals surface area contributed by atoms with Crippen LogP contribution >= 0.6 is 11.6 Å². The molecule has 0 aromatic heterocycles. The van der Waals surface area contributed by atoms with Gasteiger partial charge in [0.2, 0.25) is 0 Å². The van der Waals surface area contributed by atoms with Gasteiger partial charge < -0.3 is 15.2 Å². The van der Waals surface area contributed by atoms with Gasteiger partial charge in [-0.15, -0.1) is 0 Å². The number of anilines is 1. The maximum absolute atomic E-state index is 9.57. The summed E-state index contributed by atoms with van der Waals surface area (Å²) < 4.78 is 5.04. The zero-order valence-corrected chi connectivity index (χ0v) is 11.6. The SMILES string of the molecule is COc1cc(C(C#N)Nc2ccccc2Cl)ccc1O. The highest BCUT2D eigenvalue weighted by Crippen LogP contribution is 2.31. The number of nitrogens with zero attached hydrogens (tertiary/aromatic N) is 1. The van der Waals surface area contributed by atoms with Gasteiger partial charge >= 0.3 is 0 Å². The molecule has 102 valence electrons. The Morgan fingerprint density at radius 3 is 2.70 bits per heavy atom. The minimum atomic E-state index is -0.593. The smallest absolute Gasteiger partial charge is 0.160 e. The second-order valence-corrected chi connectivity index (χ2v) is 4.52. The second kappa shape index (κ2) is 6.18. The van der Waals surface area contributed by atoms with Gasteiger partial charge in [-0.2, -0.15) is 5.26 Å². The first-order chi connectivity index (χ1) is 9.65. The van der Waals surface area contributed by atoms with Gasteiger partial charge in [-0.05, 0) is 29.8 Å².